The summed E-state index contributed by atoms with van der Waals surface area (Å²) in [6.45, 7) is 14.3. The molecule has 13 heteroatoms. The second-order valence-electron chi connectivity index (χ2n) is 16.5. The highest BCUT2D eigenvalue weighted by atomic mass is 16.5. The molecular weight excluding hydrogens is 700 g/mol. The Morgan fingerprint density at radius 1 is 1.04 bits per heavy atom. The van der Waals surface area contributed by atoms with Crippen LogP contribution in [-0.2, 0) is 35.1 Å². The minimum Gasteiger partial charge on any atom is -0.399 e. The number of likely N-dealkylation sites (tertiary alicyclic amines) is 2. The number of anilines is 1. The summed E-state index contributed by atoms with van der Waals surface area (Å²) >= 11 is 0. The summed E-state index contributed by atoms with van der Waals surface area (Å²) in [7, 11) is 6.87. The van der Waals surface area contributed by atoms with Gasteiger partial charge in [0.25, 0.3) is 0 Å². The third kappa shape index (κ3) is 11.4. The summed E-state index contributed by atoms with van der Waals surface area (Å²) in [5, 5.41) is 16.2. The average Bonchev–Trinajstić information content (AvgIpc) is 3.76. The Balaban J connectivity index is 1.75. The van der Waals surface area contributed by atoms with Crippen LogP contribution < -0.4 is 16.4 Å². The lowest BCUT2D eigenvalue weighted by Gasteiger charge is -2.41. The van der Waals surface area contributed by atoms with Crippen molar-refractivity contribution < 1.29 is 33.8 Å². The van der Waals surface area contributed by atoms with Crippen molar-refractivity contribution in [1.82, 2.24) is 25.3 Å². The molecule has 0 radical (unpaired) electrons. The normalized spacial score (nSPS) is 24.1. The number of hydrogen-bond donors (Lipinski definition) is 4. The van der Waals surface area contributed by atoms with Gasteiger partial charge in [0.15, 0.2) is 0 Å². The molecule has 13 nitrogen and oxygen atoms in total. The van der Waals surface area contributed by atoms with Crippen molar-refractivity contribution in [2.75, 3.05) is 47.2 Å². The Morgan fingerprint density at radius 3 is 2.22 bits per heavy atom. The second kappa shape index (κ2) is 21.3. The van der Waals surface area contributed by atoms with Crippen LogP contribution in [0.2, 0.25) is 0 Å². The molecule has 3 rings (SSSR count). The lowest BCUT2D eigenvalue weighted by Crippen LogP contribution is -2.59. The zero-order valence-electron chi connectivity index (χ0n) is 35.4. The number of methoxy groups -OCH3 is 2. The summed E-state index contributed by atoms with van der Waals surface area (Å²) in [5.74, 6) is -1.35. The van der Waals surface area contributed by atoms with Gasteiger partial charge in [-0.2, -0.15) is 0 Å². The van der Waals surface area contributed by atoms with Crippen molar-refractivity contribution in [3.05, 3.63) is 29.8 Å². The van der Waals surface area contributed by atoms with Crippen LogP contribution >= 0.6 is 0 Å². The van der Waals surface area contributed by atoms with Crippen molar-refractivity contribution in [1.29, 1.82) is 0 Å². The molecule has 312 valence electrons. The predicted octanol–water partition coefficient (Wildman–Crippen LogP) is 3.47. The molecule has 55 heavy (non-hydrogen) atoms. The molecule has 2 aliphatic heterocycles. The quantitative estimate of drug-likeness (QED) is 0.145. The summed E-state index contributed by atoms with van der Waals surface area (Å²) in [6, 6.07) is 5.33. The first-order valence-electron chi connectivity index (χ1n) is 20.4. The van der Waals surface area contributed by atoms with Crippen LogP contribution in [0, 0.1) is 23.7 Å². The fourth-order valence-corrected chi connectivity index (χ4v) is 8.96. The van der Waals surface area contributed by atoms with Crippen LogP contribution in [0.3, 0.4) is 0 Å². The van der Waals surface area contributed by atoms with E-state index < -0.39 is 36.3 Å². The molecule has 2 heterocycles. The number of likely N-dealkylation sites (N-methyl/N-ethyl adjacent to an activating group) is 2. The average molecular weight is 773 g/mol. The second-order valence-corrected chi connectivity index (χ2v) is 16.5. The number of hydrogen-bond acceptors (Lipinski definition) is 9. The number of benzene rings is 1. The number of nitrogen functional groups attached to an aromatic ring is 1. The highest BCUT2D eigenvalue weighted by Gasteiger charge is 2.45. The predicted molar refractivity (Wildman–Crippen MR) is 216 cm³/mol. The van der Waals surface area contributed by atoms with Crippen LogP contribution in [0.4, 0.5) is 5.69 Å². The van der Waals surface area contributed by atoms with E-state index in [0.717, 1.165) is 31.2 Å². The Morgan fingerprint density at radius 2 is 1.69 bits per heavy atom. The van der Waals surface area contributed by atoms with Gasteiger partial charge in [-0.05, 0) is 74.6 Å². The molecule has 5 N–H and O–H groups in total. The van der Waals surface area contributed by atoms with Gasteiger partial charge in [0, 0.05) is 39.5 Å². The third-order valence-electron chi connectivity index (χ3n) is 12.5. The number of ether oxygens (including phenoxy) is 2. The molecule has 2 aliphatic rings. The van der Waals surface area contributed by atoms with Crippen molar-refractivity contribution in [3.63, 3.8) is 0 Å². The van der Waals surface area contributed by atoms with Crippen molar-refractivity contribution in [2.24, 2.45) is 23.7 Å². The fourth-order valence-electron chi connectivity index (χ4n) is 8.96. The minimum absolute atomic E-state index is 0.0148. The molecule has 1 aromatic rings. The topological polar surface area (TPSA) is 167 Å². The zero-order chi connectivity index (χ0) is 41.1. The number of amides is 4. The molecule has 2 saturated heterocycles. The highest BCUT2D eigenvalue weighted by molar-refractivity contribution is 5.90. The van der Waals surface area contributed by atoms with Crippen LogP contribution in [0.25, 0.3) is 0 Å². The van der Waals surface area contributed by atoms with Gasteiger partial charge < -0.3 is 40.7 Å². The van der Waals surface area contributed by atoms with E-state index in [4.69, 9.17) is 15.2 Å². The molecule has 4 amide bonds. The maximum atomic E-state index is 14.3. The lowest BCUT2D eigenvalue weighted by atomic mass is 9.89. The van der Waals surface area contributed by atoms with Gasteiger partial charge in [-0.1, -0.05) is 67.0 Å². The Hall–Kier alpha value is -3.26. The number of carbonyl (C=O) groups excluding carboxylic acids is 4. The number of nitrogens with two attached hydrogens (primary N) is 1. The fraction of sp³-hybridized carbons (Fsp3) is 0.762. The molecule has 11 atom stereocenters. The third-order valence-corrected chi connectivity index (χ3v) is 12.5. The molecule has 2 fully saturated rings. The molecule has 1 aromatic carbocycles. The number of nitrogens with one attached hydrogen (secondary N) is 2. The molecule has 0 aliphatic carbocycles. The van der Waals surface area contributed by atoms with E-state index >= 15 is 0 Å². The summed E-state index contributed by atoms with van der Waals surface area (Å²) in [5.41, 5.74) is 7.39. The van der Waals surface area contributed by atoms with E-state index in [1.54, 1.807) is 50.1 Å². The van der Waals surface area contributed by atoms with Gasteiger partial charge in [-0.25, -0.2) is 0 Å². The van der Waals surface area contributed by atoms with Crippen molar-refractivity contribution in [2.45, 2.75) is 142 Å². The van der Waals surface area contributed by atoms with Gasteiger partial charge in [0.2, 0.25) is 23.6 Å². The van der Waals surface area contributed by atoms with Crippen LogP contribution in [0.1, 0.15) is 92.6 Å². The zero-order valence-corrected chi connectivity index (χ0v) is 35.4. The van der Waals surface area contributed by atoms with E-state index in [9.17, 15) is 24.3 Å². The molecule has 11 unspecified atom stereocenters. The number of rotatable bonds is 20. The maximum Gasteiger partial charge on any atom is 0.245 e. The van der Waals surface area contributed by atoms with E-state index in [0.29, 0.717) is 31.1 Å². The summed E-state index contributed by atoms with van der Waals surface area (Å²) in [6.07, 6.45) is 3.35. The van der Waals surface area contributed by atoms with Gasteiger partial charge in [-0.15, -0.1) is 0 Å². The minimum atomic E-state index is -0.742. The Labute approximate surface area is 330 Å². The first kappa shape index (κ1) is 46.1. The van der Waals surface area contributed by atoms with Gasteiger partial charge in [0.05, 0.1) is 55.3 Å². The molecular formula is C42H72N6O7. The largest absolute Gasteiger partial charge is 0.399 e. The first-order valence-corrected chi connectivity index (χ1v) is 20.4. The Bertz CT molecular complexity index is 1390. The van der Waals surface area contributed by atoms with E-state index in [1.807, 2.05) is 33.0 Å². The highest BCUT2D eigenvalue weighted by Crippen LogP contribution is 2.32. The number of nitrogens with zero attached hydrogens (tertiary/aromatic N) is 3. The first-order chi connectivity index (χ1) is 26.0. The SMILES string of the molecule is CCC(C)C(C(CC(=O)N1CCCC1C(OC)C(C)C(=O)NC(CO)Cc1ccc(N)cc1)OC)N(C)C(=O)C(NC(=O)C1C(C)CC(CC)N1C)C(C)C. The molecule has 0 aromatic heterocycles. The maximum absolute atomic E-state index is 14.3. The van der Waals surface area contributed by atoms with E-state index in [-0.39, 0.29) is 66.5 Å². The van der Waals surface area contributed by atoms with Crippen molar-refractivity contribution >= 4 is 29.3 Å². The van der Waals surface area contributed by atoms with Gasteiger partial charge in [-0.3, -0.25) is 24.1 Å². The number of aliphatic hydroxyl groups is 1. The number of aliphatic hydroxyl groups excluding tert-OH is 1. The standard InChI is InChI=1S/C42H72N6O7/c1-12-26(5)37(47(9)42(53)36(25(3)4)45-41(52)38-27(6)21-32(13-2)46(38)8)34(54-10)23-35(50)48-20-14-15-33(48)39(55-11)28(7)40(51)44-31(24-49)22-29-16-18-30(43)19-17-29/h16-19,25-28,31-34,36-39,49H,12-15,20-24,43H2,1-11H3,(H,44,51)(H,45,52). The van der Waals surface area contributed by atoms with E-state index in [1.165, 1.54) is 0 Å². The van der Waals surface area contributed by atoms with Crippen molar-refractivity contribution in [3.8, 4) is 0 Å². The summed E-state index contributed by atoms with van der Waals surface area (Å²) < 4.78 is 12.0. The lowest BCUT2D eigenvalue weighted by molar-refractivity contribution is -0.148. The van der Waals surface area contributed by atoms with Crippen LogP contribution in [0.5, 0.6) is 0 Å². The van der Waals surface area contributed by atoms with E-state index in [2.05, 4.69) is 43.2 Å². The monoisotopic (exact) mass is 773 g/mol. The molecule has 0 bridgehead atoms. The van der Waals surface area contributed by atoms with Crippen LogP contribution in [-0.4, -0.2) is 133 Å². The van der Waals surface area contributed by atoms with Gasteiger partial charge >= 0.3 is 0 Å². The smallest absolute Gasteiger partial charge is 0.245 e. The van der Waals surface area contributed by atoms with Gasteiger partial charge in [0.1, 0.15) is 6.04 Å². The summed E-state index contributed by atoms with van der Waals surface area (Å²) in [4.78, 5) is 61.5. The number of carbonyl (C=O) groups is 4. The van der Waals surface area contributed by atoms with Crippen LogP contribution in [0.15, 0.2) is 24.3 Å². The molecule has 0 saturated carbocycles. The molecule has 0 spiro atoms. The Kier molecular flexibility index (Phi) is 17.9.